The molecule has 0 aliphatic carbocycles. The number of Topliss-reactive ketones (excluding diaryl/α,β-unsaturated/α-hetero) is 1. The zero-order chi connectivity index (χ0) is 17.9. The smallest absolute Gasteiger partial charge is 0.289 e. The molecule has 3 aromatic carbocycles. The lowest BCUT2D eigenvalue weighted by molar-refractivity contribution is 0.00742. The van der Waals surface area contributed by atoms with Crippen LogP contribution in [0, 0.1) is 0 Å². The SMILES string of the molecule is O=C(c1ccccc1)c1ccc(C(F)(F)C(=O)c2ccccc2)cc1. The van der Waals surface area contributed by atoms with Crippen LogP contribution in [0.3, 0.4) is 0 Å². The van der Waals surface area contributed by atoms with Crippen molar-refractivity contribution in [2.45, 2.75) is 5.92 Å². The molecule has 0 spiro atoms. The molecule has 0 heterocycles. The van der Waals surface area contributed by atoms with Gasteiger partial charge >= 0.3 is 5.92 Å². The molecule has 25 heavy (non-hydrogen) atoms. The number of alkyl halides is 2. The summed E-state index contributed by atoms with van der Waals surface area (Å²) in [7, 11) is 0. The Labute approximate surface area is 143 Å². The highest BCUT2D eigenvalue weighted by Gasteiger charge is 2.41. The first kappa shape index (κ1) is 16.7. The summed E-state index contributed by atoms with van der Waals surface area (Å²) in [5.41, 5.74) is 0.267. The van der Waals surface area contributed by atoms with E-state index in [-0.39, 0.29) is 16.9 Å². The minimum atomic E-state index is -3.66. The van der Waals surface area contributed by atoms with E-state index in [1.165, 1.54) is 36.4 Å². The number of hydrogen-bond acceptors (Lipinski definition) is 2. The van der Waals surface area contributed by atoms with Crippen LogP contribution in [0.1, 0.15) is 31.8 Å². The summed E-state index contributed by atoms with van der Waals surface area (Å²) in [5.74, 6) is -5.18. The summed E-state index contributed by atoms with van der Waals surface area (Å²) in [6.07, 6.45) is 0. The molecule has 3 rings (SSSR count). The average Bonchev–Trinajstić information content (AvgIpc) is 2.68. The first-order valence-electron chi connectivity index (χ1n) is 7.68. The lowest BCUT2D eigenvalue weighted by Gasteiger charge is -2.16. The van der Waals surface area contributed by atoms with Crippen molar-refractivity contribution >= 4 is 11.6 Å². The van der Waals surface area contributed by atoms with Gasteiger partial charge in [-0.1, -0.05) is 84.9 Å². The van der Waals surface area contributed by atoms with Gasteiger partial charge in [-0.15, -0.1) is 0 Å². The number of carbonyl (C=O) groups is 2. The third-order valence-corrected chi connectivity index (χ3v) is 3.87. The van der Waals surface area contributed by atoms with Crippen molar-refractivity contribution in [3.05, 3.63) is 107 Å². The quantitative estimate of drug-likeness (QED) is 0.622. The summed E-state index contributed by atoms with van der Waals surface area (Å²) in [6.45, 7) is 0. The number of halogens is 2. The normalized spacial score (nSPS) is 11.1. The lowest BCUT2D eigenvalue weighted by atomic mass is 9.96. The Hall–Kier alpha value is -3.14. The second-order valence-electron chi connectivity index (χ2n) is 5.54. The van der Waals surface area contributed by atoms with Gasteiger partial charge in [0.05, 0.1) is 0 Å². The van der Waals surface area contributed by atoms with Gasteiger partial charge in [0.15, 0.2) is 5.78 Å². The molecule has 2 nitrogen and oxygen atoms in total. The molecule has 0 aromatic heterocycles. The Morgan fingerprint density at radius 1 is 0.600 bits per heavy atom. The number of benzene rings is 3. The van der Waals surface area contributed by atoms with Crippen LogP contribution in [0.25, 0.3) is 0 Å². The van der Waals surface area contributed by atoms with Crippen LogP contribution in [-0.4, -0.2) is 11.6 Å². The molecule has 0 aliphatic rings. The van der Waals surface area contributed by atoms with E-state index in [0.717, 1.165) is 12.1 Å². The summed E-state index contributed by atoms with van der Waals surface area (Å²) in [6, 6.07) is 20.9. The fraction of sp³-hybridized carbons (Fsp3) is 0.0476. The van der Waals surface area contributed by atoms with Crippen molar-refractivity contribution in [3.8, 4) is 0 Å². The Balaban J connectivity index is 1.87. The van der Waals surface area contributed by atoms with Gasteiger partial charge in [0, 0.05) is 22.3 Å². The maximum atomic E-state index is 14.5. The zero-order valence-electron chi connectivity index (χ0n) is 13.2. The highest BCUT2D eigenvalue weighted by molar-refractivity contribution is 6.09. The molecule has 0 amide bonds. The Morgan fingerprint density at radius 3 is 1.56 bits per heavy atom. The molecule has 4 heteroatoms. The minimum Gasteiger partial charge on any atom is -0.289 e. The highest BCUT2D eigenvalue weighted by Crippen LogP contribution is 2.32. The van der Waals surface area contributed by atoms with Gasteiger partial charge in [0.2, 0.25) is 5.78 Å². The Bertz CT molecular complexity index is 886. The van der Waals surface area contributed by atoms with Crippen molar-refractivity contribution < 1.29 is 18.4 Å². The summed E-state index contributed by atoms with van der Waals surface area (Å²) in [4.78, 5) is 24.4. The van der Waals surface area contributed by atoms with E-state index in [0.29, 0.717) is 5.56 Å². The predicted octanol–water partition coefficient (Wildman–Crippen LogP) is 4.89. The fourth-order valence-corrected chi connectivity index (χ4v) is 2.49. The number of hydrogen-bond donors (Lipinski definition) is 0. The van der Waals surface area contributed by atoms with E-state index in [2.05, 4.69) is 0 Å². The number of rotatable bonds is 5. The Kier molecular flexibility index (Phi) is 4.52. The molecular formula is C21H14F2O2. The molecular weight excluding hydrogens is 322 g/mol. The third kappa shape index (κ3) is 3.38. The fourth-order valence-electron chi connectivity index (χ4n) is 2.49. The van der Waals surface area contributed by atoms with Crippen LogP contribution in [0.2, 0.25) is 0 Å². The van der Waals surface area contributed by atoms with Gasteiger partial charge in [-0.25, -0.2) is 0 Å². The topological polar surface area (TPSA) is 34.1 Å². The van der Waals surface area contributed by atoms with Gasteiger partial charge in [-0.3, -0.25) is 9.59 Å². The van der Waals surface area contributed by atoms with Gasteiger partial charge < -0.3 is 0 Å². The van der Waals surface area contributed by atoms with E-state index in [1.54, 1.807) is 36.4 Å². The van der Waals surface area contributed by atoms with Crippen LogP contribution >= 0.6 is 0 Å². The van der Waals surface area contributed by atoms with Gasteiger partial charge in [0.25, 0.3) is 0 Å². The van der Waals surface area contributed by atoms with Gasteiger partial charge in [0.1, 0.15) is 0 Å². The van der Waals surface area contributed by atoms with Crippen molar-refractivity contribution in [3.63, 3.8) is 0 Å². The van der Waals surface area contributed by atoms with Crippen LogP contribution < -0.4 is 0 Å². The van der Waals surface area contributed by atoms with Crippen LogP contribution in [-0.2, 0) is 5.92 Å². The minimum absolute atomic E-state index is 0.0584. The van der Waals surface area contributed by atoms with Crippen LogP contribution in [0.5, 0.6) is 0 Å². The molecule has 0 unspecified atom stereocenters. The molecule has 0 bridgehead atoms. The molecule has 0 atom stereocenters. The highest BCUT2D eigenvalue weighted by atomic mass is 19.3. The molecule has 0 saturated carbocycles. The molecule has 124 valence electrons. The monoisotopic (exact) mass is 336 g/mol. The van der Waals surface area contributed by atoms with Gasteiger partial charge in [-0.05, 0) is 0 Å². The van der Waals surface area contributed by atoms with E-state index < -0.39 is 17.3 Å². The number of carbonyl (C=O) groups excluding carboxylic acids is 2. The second-order valence-corrected chi connectivity index (χ2v) is 5.54. The van der Waals surface area contributed by atoms with Crippen molar-refractivity contribution in [2.75, 3.05) is 0 Å². The van der Waals surface area contributed by atoms with E-state index >= 15 is 0 Å². The van der Waals surface area contributed by atoms with Crippen LogP contribution in [0.4, 0.5) is 8.78 Å². The maximum absolute atomic E-state index is 14.5. The first-order chi connectivity index (χ1) is 12.0. The summed E-state index contributed by atoms with van der Waals surface area (Å²) < 4.78 is 28.9. The molecule has 0 N–H and O–H groups in total. The van der Waals surface area contributed by atoms with Gasteiger partial charge in [-0.2, -0.15) is 8.78 Å². The molecule has 0 aliphatic heterocycles. The van der Waals surface area contributed by atoms with E-state index in [4.69, 9.17) is 0 Å². The number of ketones is 2. The predicted molar refractivity (Wildman–Crippen MR) is 91.0 cm³/mol. The Morgan fingerprint density at radius 2 is 1.04 bits per heavy atom. The summed E-state index contributed by atoms with van der Waals surface area (Å²) in [5, 5.41) is 0. The van der Waals surface area contributed by atoms with E-state index in [9.17, 15) is 18.4 Å². The second kappa shape index (κ2) is 6.77. The van der Waals surface area contributed by atoms with Crippen LogP contribution in [0.15, 0.2) is 84.9 Å². The van der Waals surface area contributed by atoms with Crippen molar-refractivity contribution in [2.24, 2.45) is 0 Å². The molecule has 3 aromatic rings. The molecule has 0 saturated heterocycles. The average molecular weight is 336 g/mol. The summed E-state index contributed by atoms with van der Waals surface area (Å²) >= 11 is 0. The molecule has 0 fully saturated rings. The maximum Gasteiger partial charge on any atom is 0.334 e. The lowest BCUT2D eigenvalue weighted by Crippen LogP contribution is -2.26. The zero-order valence-corrected chi connectivity index (χ0v) is 13.2. The first-order valence-corrected chi connectivity index (χ1v) is 7.68. The standard InChI is InChI=1S/C21H14F2O2/c22-21(23,20(25)17-9-5-2-6-10-17)18-13-11-16(12-14-18)19(24)15-7-3-1-4-8-15/h1-14H. The van der Waals surface area contributed by atoms with E-state index in [1.807, 2.05) is 0 Å². The van der Waals surface area contributed by atoms with Crippen molar-refractivity contribution in [1.82, 2.24) is 0 Å². The van der Waals surface area contributed by atoms with Crippen molar-refractivity contribution in [1.29, 1.82) is 0 Å². The largest absolute Gasteiger partial charge is 0.334 e. The third-order valence-electron chi connectivity index (χ3n) is 3.87. The molecule has 0 radical (unpaired) electrons.